The van der Waals surface area contributed by atoms with Crippen molar-refractivity contribution in [2.45, 2.75) is 52.0 Å². The van der Waals surface area contributed by atoms with Gasteiger partial charge in [-0.2, -0.15) is 0 Å². The Morgan fingerprint density at radius 3 is 2.65 bits per heavy atom. The smallest absolute Gasteiger partial charge is 0.323 e. The molecule has 6 nitrogen and oxygen atoms in total. The number of carboxylic acid groups (broad SMARTS) is 1. The van der Waals surface area contributed by atoms with Gasteiger partial charge in [0.1, 0.15) is 6.54 Å². The van der Waals surface area contributed by atoms with Gasteiger partial charge in [0.15, 0.2) is 0 Å². The van der Waals surface area contributed by atoms with Gasteiger partial charge in [0, 0.05) is 32.5 Å². The zero-order chi connectivity index (χ0) is 19.1. The van der Waals surface area contributed by atoms with Gasteiger partial charge in [0.25, 0.3) is 0 Å². The van der Waals surface area contributed by atoms with Gasteiger partial charge in [-0.15, -0.1) is 0 Å². The molecule has 1 aromatic rings. The Hall–Kier alpha value is -2.37. The molecule has 0 aromatic heterocycles. The lowest BCUT2D eigenvalue weighted by Gasteiger charge is -2.28. The van der Waals surface area contributed by atoms with Crippen molar-refractivity contribution in [2.24, 2.45) is 0 Å². The zero-order valence-electron chi connectivity index (χ0n) is 15.6. The van der Waals surface area contributed by atoms with Crippen LogP contribution < -0.4 is 0 Å². The predicted molar refractivity (Wildman–Crippen MR) is 98.7 cm³/mol. The van der Waals surface area contributed by atoms with Crippen molar-refractivity contribution in [1.29, 1.82) is 0 Å². The molecule has 0 spiro atoms. The van der Waals surface area contributed by atoms with Gasteiger partial charge in [-0.25, -0.2) is 0 Å². The van der Waals surface area contributed by atoms with E-state index >= 15 is 0 Å². The maximum absolute atomic E-state index is 12.5. The molecule has 1 saturated heterocycles. The highest BCUT2D eigenvalue weighted by Gasteiger charge is 2.27. The number of hydrogen-bond donors (Lipinski definition) is 1. The molecule has 1 N–H and O–H groups in total. The molecule has 1 unspecified atom stereocenters. The van der Waals surface area contributed by atoms with Crippen molar-refractivity contribution in [3.63, 3.8) is 0 Å². The summed E-state index contributed by atoms with van der Waals surface area (Å²) < 4.78 is 0. The first-order valence-electron chi connectivity index (χ1n) is 9.19. The molecule has 0 aliphatic carbocycles. The van der Waals surface area contributed by atoms with Gasteiger partial charge in [0.2, 0.25) is 11.8 Å². The molecule has 0 bridgehead atoms. The molecule has 1 heterocycles. The summed E-state index contributed by atoms with van der Waals surface area (Å²) in [5, 5.41) is 9.01. The first-order chi connectivity index (χ1) is 12.4. The second kappa shape index (κ2) is 9.36. The van der Waals surface area contributed by atoms with Crippen molar-refractivity contribution in [3.8, 4) is 0 Å². The Kier molecular flexibility index (Phi) is 7.18. The van der Waals surface area contributed by atoms with Crippen LogP contribution in [0.4, 0.5) is 0 Å². The molecule has 1 fully saturated rings. The first-order valence-corrected chi connectivity index (χ1v) is 9.19. The van der Waals surface area contributed by atoms with Crippen molar-refractivity contribution in [1.82, 2.24) is 9.80 Å². The summed E-state index contributed by atoms with van der Waals surface area (Å²) >= 11 is 0. The molecule has 142 valence electrons. The van der Waals surface area contributed by atoms with Crippen molar-refractivity contribution >= 4 is 17.8 Å². The van der Waals surface area contributed by atoms with Crippen LogP contribution in [0.15, 0.2) is 24.3 Å². The van der Waals surface area contributed by atoms with E-state index in [0.717, 1.165) is 24.8 Å². The number of hydrogen-bond acceptors (Lipinski definition) is 3. The number of rotatable bonds is 6. The highest BCUT2D eigenvalue weighted by molar-refractivity contribution is 5.80. The monoisotopic (exact) mass is 360 g/mol. The highest BCUT2D eigenvalue weighted by atomic mass is 16.4. The summed E-state index contributed by atoms with van der Waals surface area (Å²) in [5.41, 5.74) is 2.35. The van der Waals surface area contributed by atoms with Gasteiger partial charge < -0.3 is 14.9 Å². The van der Waals surface area contributed by atoms with Crippen molar-refractivity contribution < 1.29 is 19.5 Å². The topological polar surface area (TPSA) is 77.9 Å². The Bertz CT molecular complexity index is 659. The predicted octanol–water partition coefficient (Wildman–Crippen LogP) is 2.24. The molecule has 6 heteroatoms. The second-order valence-electron chi connectivity index (χ2n) is 7.00. The number of carbonyl (C=O) groups is 3. The second-order valence-corrected chi connectivity index (χ2v) is 7.00. The van der Waals surface area contributed by atoms with Gasteiger partial charge in [-0.1, -0.05) is 29.8 Å². The fraction of sp³-hybridized carbons (Fsp3) is 0.550. The zero-order valence-corrected chi connectivity index (χ0v) is 15.6. The van der Waals surface area contributed by atoms with E-state index in [4.69, 9.17) is 5.11 Å². The quantitative estimate of drug-likeness (QED) is 0.844. The van der Waals surface area contributed by atoms with E-state index in [2.05, 4.69) is 6.07 Å². The van der Waals surface area contributed by atoms with Crippen LogP contribution in [0, 0.1) is 6.92 Å². The van der Waals surface area contributed by atoms with E-state index in [0.29, 0.717) is 25.9 Å². The van der Waals surface area contributed by atoms with E-state index in [1.54, 1.807) is 0 Å². The summed E-state index contributed by atoms with van der Waals surface area (Å²) in [4.78, 5) is 38.6. The molecule has 1 aliphatic heterocycles. The molecular weight excluding hydrogens is 332 g/mol. The lowest BCUT2D eigenvalue weighted by atomic mass is 10.1. The van der Waals surface area contributed by atoms with Crippen molar-refractivity contribution in [3.05, 3.63) is 35.4 Å². The number of carbonyl (C=O) groups excluding carboxylic acids is 2. The molecular formula is C20H28N2O4. The maximum atomic E-state index is 12.5. The standard InChI is InChI=1S/C20H28N2O4/c1-15-5-3-6-17(13-15)8-9-19(24)21-11-4-7-18(10-12-21)22(16(2)23)14-20(25)26/h3,5-6,13,18H,4,7-12,14H2,1-2H3,(H,25,26). The van der Waals surface area contributed by atoms with Crippen LogP contribution in [0.3, 0.4) is 0 Å². The molecule has 0 saturated carbocycles. The number of aryl methyl sites for hydroxylation is 2. The third-order valence-corrected chi connectivity index (χ3v) is 4.91. The normalized spacial score (nSPS) is 17.5. The van der Waals surface area contributed by atoms with E-state index in [1.165, 1.54) is 17.4 Å². The van der Waals surface area contributed by atoms with Crippen LogP contribution in [0.1, 0.15) is 43.7 Å². The molecule has 1 aromatic carbocycles. The molecule has 1 atom stereocenters. The minimum atomic E-state index is -1.00. The summed E-state index contributed by atoms with van der Waals surface area (Å²) in [5.74, 6) is -1.10. The number of aliphatic carboxylic acids is 1. The van der Waals surface area contributed by atoms with Gasteiger partial charge in [-0.05, 0) is 38.2 Å². The van der Waals surface area contributed by atoms with Crippen LogP contribution in [0.5, 0.6) is 0 Å². The summed E-state index contributed by atoms with van der Waals surface area (Å²) in [6, 6.07) is 8.07. The largest absolute Gasteiger partial charge is 0.480 e. The average Bonchev–Trinajstić information content (AvgIpc) is 2.83. The SMILES string of the molecule is CC(=O)N(CC(=O)O)C1CCCN(C(=O)CCc2cccc(C)c2)CC1. The van der Waals surface area contributed by atoms with E-state index in [-0.39, 0.29) is 24.4 Å². The third kappa shape index (κ3) is 5.86. The highest BCUT2D eigenvalue weighted by Crippen LogP contribution is 2.18. The van der Waals surface area contributed by atoms with Crippen LogP contribution in [-0.2, 0) is 20.8 Å². The fourth-order valence-corrected chi connectivity index (χ4v) is 3.56. The Balaban J connectivity index is 1.89. The lowest BCUT2D eigenvalue weighted by molar-refractivity contribution is -0.145. The average molecular weight is 360 g/mol. The van der Waals surface area contributed by atoms with Crippen LogP contribution in [-0.4, -0.2) is 58.4 Å². The fourth-order valence-electron chi connectivity index (χ4n) is 3.56. The summed E-state index contributed by atoms with van der Waals surface area (Å²) in [6.45, 7) is 4.40. The third-order valence-electron chi connectivity index (χ3n) is 4.91. The molecule has 2 rings (SSSR count). The Labute approximate surface area is 154 Å². The molecule has 0 radical (unpaired) electrons. The molecule has 1 aliphatic rings. The van der Waals surface area contributed by atoms with Crippen LogP contribution in [0.2, 0.25) is 0 Å². The van der Waals surface area contributed by atoms with E-state index in [9.17, 15) is 14.4 Å². The summed E-state index contributed by atoms with van der Waals surface area (Å²) in [7, 11) is 0. The number of amides is 2. The van der Waals surface area contributed by atoms with E-state index < -0.39 is 5.97 Å². The number of carboxylic acids is 1. The Morgan fingerprint density at radius 1 is 1.23 bits per heavy atom. The lowest BCUT2D eigenvalue weighted by Crippen LogP contribution is -2.43. The first kappa shape index (κ1) is 19.9. The minimum absolute atomic E-state index is 0.113. The van der Waals surface area contributed by atoms with Crippen LogP contribution >= 0.6 is 0 Å². The maximum Gasteiger partial charge on any atom is 0.323 e. The Morgan fingerprint density at radius 2 is 2.00 bits per heavy atom. The van der Waals surface area contributed by atoms with Crippen LogP contribution in [0.25, 0.3) is 0 Å². The van der Waals surface area contributed by atoms with Gasteiger partial charge in [0.05, 0.1) is 0 Å². The number of benzene rings is 1. The van der Waals surface area contributed by atoms with Crippen molar-refractivity contribution in [2.75, 3.05) is 19.6 Å². The van der Waals surface area contributed by atoms with Gasteiger partial charge in [-0.3, -0.25) is 14.4 Å². The van der Waals surface area contributed by atoms with Gasteiger partial charge >= 0.3 is 5.97 Å². The van der Waals surface area contributed by atoms with E-state index in [1.807, 2.05) is 30.0 Å². The minimum Gasteiger partial charge on any atom is -0.480 e. The molecule has 26 heavy (non-hydrogen) atoms. The number of nitrogens with zero attached hydrogens (tertiary/aromatic N) is 2. The number of likely N-dealkylation sites (tertiary alicyclic amines) is 1. The molecule has 2 amide bonds. The summed E-state index contributed by atoms with van der Waals surface area (Å²) in [6.07, 6.45) is 3.33.